The number of anilines is 2. The predicted molar refractivity (Wildman–Crippen MR) is 257 cm³/mol. The fourth-order valence-corrected chi connectivity index (χ4v) is 11.5. The number of benzene rings is 4. The maximum absolute atomic E-state index is 14.1. The van der Waals surface area contributed by atoms with Gasteiger partial charge in [0.2, 0.25) is 20.0 Å². The molecule has 4 aromatic carbocycles. The van der Waals surface area contributed by atoms with Crippen LogP contribution in [0, 0.1) is 0 Å². The Morgan fingerprint density at radius 1 is 0.530 bits per heavy atom. The molecular formula is C50H66N4O10S2. The summed E-state index contributed by atoms with van der Waals surface area (Å²) in [4.78, 5) is 31.4. The summed E-state index contributed by atoms with van der Waals surface area (Å²) in [5.41, 5.74) is 3.85. The molecule has 0 amide bonds. The van der Waals surface area contributed by atoms with Gasteiger partial charge in [-0.25, -0.2) is 16.8 Å². The van der Waals surface area contributed by atoms with Crippen molar-refractivity contribution in [3.05, 3.63) is 119 Å². The van der Waals surface area contributed by atoms with Crippen molar-refractivity contribution in [2.24, 2.45) is 0 Å². The molecule has 0 radical (unpaired) electrons. The van der Waals surface area contributed by atoms with Gasteiger partial charge in [-0.1, -0.05) is 100 Å². The van der Waals surface area contributed by atoms with Gasteiger partial charge < -0.3 is 28.7 Å². The highest BCUT2D eigenvalue weighted by atomic mass is 32.2. The van der Waals surface area contributed by atoms with Crippen LogP contribution < -0.4 is 18.1 Å². The summed E-state index contributed by atoms with van der Waals surface area (Å²) in [5.74, 6) is -1.67. The van der Waals surface area contributed by atoms with Crippen molar-refractivity contribution < 1.29 is 45.4 Å². The average Bonchev–Trinajstić information content (AvgIpc) is 3.29. The standard InChI is InChI=1S/C50H66N4O10S2/c1-5-27-51(28-6-2)31-25-39-19-21-45-43(33-39)53(65(57,58)37-41-15-11-9-12-16-41)35-49(61-45)63-47(55)23-24-48(56)64-50-36-54(66(59,60)38-42-17-13-10-14-18-42)44-34-40(20-22-46(44)62-50)26-32-52(29-7-3)30-8-4/h9-22,33-34,49-50H,5-8,23-32,35-38H2,1-4H3. The Labute approximate surface area is 391 Å². The molecule has 2 aliphatic heterocycles. The smallest absolute Gasteiger partial charge is 0.309 e. The van der Waals surface area contributed by atoms with Crippen molar-refractivity contribution in [2.45, 2.75) is 103 Å². The maximum Gasteiger partial charge on any atom is 0.309 e. The molecule has 358 valence electrons. The molecule has 66 heavy (non-hydrogen) atoms. The molecule has 0 fully saturated rings. The summed E-state index contributed by atoms with van der Waals surface area (Å²) < 4.78 is 82.3. The summed E-state index contributed by atoms with van der Waals surface area (Å²) in [6, 6.07) is 28.6. The van der Waals surface area contributed by atoms with Crippen molar-refractivity contribution in [3.8, 4) is 11.5 Å². The number of hydrogen-bond acceptors (Lipinski definition) is 12. The minimum atomic E-state index is -3.98. The van der Waals surface area contributed by atoms with Crippen molar-refractivity contribution >= 4 is 43.4 Å². The molecule has 16 heteroatoms. The second kappa shape index (κ2) is 24.0. The van der Waals surface area contributed by atoms with Crippen molar-refractivity contribution in [1.82, 2.24) is 9.80 Å². The predicted octanol–water partition coefficient (Wildman–Crippen LogP) is 7.69. The number of hydrogen-bond donors (Lipinski definition) is 0. The molecule has 0 bridgehead atoms. The highest BCUT2D eigenvalue weighted by Crippen LogP contribution is 2.39. The van der Waals surface area contributed by atoms with Crippen LogP contribution in [0.4, 0.5) is 11.4 Å². The zero-order chi connectivity index (χ0) is 47.1. The third kappa shape index (κ3) is 14.2. The number of sulfonamides is 2. The molecule has 6 rings (SSSR count). The Bertz CT molecular complexity index is 2240. The number of nitrogens with zero attached hydrogens (tertiary/aromatic N) is 4. The molecule has 0 spiro atoms. The van der Waals surface area contributed by atoms with Gasteiger partial charge in [-0.05, 0) is 111 Å². The summed E-state index contributed by atoms with van der Waals surface area (Å²) in [6.45, 7) is 13.6. The van der Waals surface area contributed by atoms with Crippen molar-refractivity contribution in [1.29, 1.82) is 0 Å². The van der Waals surface area contributed by atoms with E-state index in [9.17, 15) is 26.4 Å². The van der Waals surface area contributed by atoms with Gasteiger partial charge in [0.05, 0.1) is 35.7 Å². The molecular weight excluding hydrogens is 881 g/mol. The largest absolute Gasteiger partial charge is 0.451 e. The number of carbonyl (C=O) groups is 2. The number of esters is 2. The lowest BCUT2D eigenvalue weighted by molar-refractivity contribution is -0.170. The van der Waals surface area contributed by atoms with Crippen LogP contribution in [0.15, 0.2) is 97.1 Å². The molecule has 0 aromatic heterocycles. The zero-order valence-corrected chi connectivity index (χ0v) is 40.4. The van der Waals surface area contributed by atoms with E-state index in [1.54, 1.807) is 60.7 Å². The molecule has 0 saturated carbocycles. The number of fused-ring (bicyclic) bond motifs is 2. The van der Waals surface area contributed by atoms with Crippen molar-refractivity contribution in [3.63, 3.8) is 0 Å². The SMILES string of the molecule is CCCN(CCC)CCc1ccc2c(c1)N(S(=O)(=O)Cc1ccccc1)CC(OC(=O)CCC(=O)OC1CN(S(=O)(=O)Cc3ccccc3)c3cc(CCN(CCC)CCC)ccc3O1)O2. The molecule has 4 aromatic rings. The van der Waals surface area contributed by atoms with Gasteiger partial charge in [-0.3, -0.25) is 18.2 Å². The van der Waals surface area contributed by atoms with E-state index >= 15 is 0 Å². The van der Waals surface area contributed by atoms with Crippen LogP contribution in [0.5, 0.6) is 11.5 Å². The summed E-state index contributed by atoms with van der Waals surface area (Å²) >= 11 is 0. The Morgan fingerprint density at radius 2 is 0.894 bits per heavy atom. The van der Waals surface area contributed by atoms with Crippen LogP contribution in [-0.2, 0) is 63.5 Å². The molecule has 2 unspecified atom stereocenters. The lowest BCUT2D eigenvalue weighted by atomic mass is 10.1. The van der Waals surface area contributed by atoms with E-state index in [2.05, 4.69) is 37.5 Å². The van der Waals surface area contributed by atoms with Gasteiger partial charge in [0.25, 0.3) is 12.6 Å². The summed E-state index contributed by atoms with van der Waals surface area (Å²) in [5, 5.41) is 0. The lowest BCUT2D eigenvalue weighted by Gasteiger charge is -2.35. The maximum atomic E-state index is 14.1. The molecule has 0 saturated heterocycles. The van der Waals surface area contributed by atoms with E-state index in [0.29, 0.717) is 35.3 Å². The van der Waals surface area contributed by atoms with Gasteiger partial charge in [-0.15, -0.1) is 0 Å². The highest BCUT2D eigenvalue weighted by Gasteiger charge is 2.38. The van der Waals surface area contributed by atoms with Crippen LogP contribution in [0.3, 0.4) is 0 Å². The normalized spacial score (nSPS) is 16.0. The van der Waals surface area contributed by atoms with E-state index in [4.69, 9.17) is 18.9 Å². The van der Waals surface area contributed by atoms with E-state index in [1.165, 1.54) is 8.61 Å². The van der Waals surface area contributed by atoms with Crippen LogP contribution in [0.1, 0.15) is 88.5 Å². The minimum absolute atomic E-state index is 0.251. The van der Waals surface area contributed by atoms with Crippen LogP contribution in [0.25, 0.3) is 0 Å². The quantitative estimate of drug-likeness (QED) is 0.0599. The molecule has 2 aliphatic rings. The third-order valence-corrected chi connectivity index (χ3v) is 14.9. The lowest BCUT2D eigenvalue weighted by Crippen LogP contribution is -2.46. The van der Waals surface area contributed by atoms with E-state index < -0.39 is 57.4 Å². The topological polar surface area (TPSA) is 152 Å². The van der Waals surface area contributed by atoms with E-state index in [0.717, 1.165) is 76.1 Å². The molecule has 0 aliphatic carbocycles. The third-order valence-electron chi connectivity index (χ3n) is 11.4. The van der Waals surface area contributed by atoms with E-state index in [-0.39, 0.29) is 36.1 Å². The van der Waals surface area contributed by atoms with Gasteiger partial charge in [0, 0.05) is 13.1 Å². The number of carbonyl (C=O) groups excluding carboxylic acids is 2. The number of rotatable bonds is 25. The summed E-state index contributed by atoms with van der Waals surface area (Å²) in [7, 11) is -7.96. The Morgan fingerprint density at radius 3 is 1.24 bits per heavy atom. The average molecular weight is 947 g/mol. The Balaban J connectivity index is 1.12. The highest BCUT2D eigenvalue weighted by molar-refractivity contribution is 7.92. The van der Waals surface area contributed by atoms with Gasteiger partial charge in [0.1, 0.15) is 24.6 Å². The van der Waals surface area contributed by atoms with Gasteiger partial charge in [-0.2, -0.15) is 0 Å². The second-order valence-corrected chi connectivity index (χ2v) is 20.7. The molecule has 2 heterocycles. The fourth-order valence-electron chi connectivity index (χ4n) is 8.35. The second-order valence-electron chi connectivity index (χ2n) is 16.9. The number of ether oxygens (including phenoxy) is 4. The monoisotopic (exact) mass is 946 g/mol. The molecule has 14 nitrogen and oxygen atoms in total. The van der Waals surface area contributed by atoms with Crippen LogP contribution >= 0.6 is 0 Å². The van der Waals surface area contributed by atoms with Gasteiger partial charge in [0.15, 0.2) is 0 Å². The molecule has 2 atom stereocenters. The Kier molecular flexibility index (Phi) is 18.3. The van der Waals surface area contributed by atoms with Crippen LogP contribution in [0.2, 0.25) is 0 Å². The minimum Gasteiger partial charge on any atom is -0.451 e. The fraction of sp³-hybridized carbons (Fsp3) is 0.480. The summed E-state index contributed by atoms with van der Waals surface area (Å²) in [6.07, 6.45) is 2.15. The first-order chi connectivity index (χ1) is 31.8. The first kappa shape index (κ1) is 50.3. The first-order valence-electron chi connectivity index (χ1n) is 23.3. The van der Waals surface area contributed by atoms with Crippen LogP contribution in [-0.4, -0.2) is 104 Å². The van der Waals surface area contributed by atoms with Gasteiger partial charge >= 0.3 is 11.9 Å². The van der Waals surface area contributed by atoms with Crippen molar-refractivity contribution in [2.75, 3.05) is 61.0 Å². The zero-order valence-electron chi connectivity index (χ0n) is 38.8. The molecule has 0 N–H and O–H groups in total. The first-order valence-corrected chi connectivity index (χ1v) is 26.5. The Hall–Kier alpha value is -5.16. The van der Waals surface area contributed by atoms with E-state index in [1.807, 2.05) is 36.4 Å².